The number of benzene rings is 2. The fourth-order valence-corrected chi connectivity index (χ4v) is 3.25. The highest BCUT2D eigenvalue weighted by Gasteiger charge is 2.30. The highest BCUT2D eigenvalue weighted by Crippen LogP contribution is 2.15. The van der Waals surface area contributed by atoms with Crippen LogP contribution >= 0.6 is 0 Å². The first-order valence-corrected chi connectivity index (χ1v) is 9.18. The van der Waals surface area contributed by atoms with Gasteiger partial charge < -0.3 is 10.2 Å². The van der Waals surface area contributed by atoms with Crippen LogP contribution in [0.5, 0.6) is 0 Å². The van der Waals surface area contributed by atoms with Gasteiger partial charge in [0.15, 0.2) is 0 Å². The number of hydrogen-bond acceptors (Lipinski definition) is 4. The lowest BCUT2D eigenvalue weighted by Crippen LogP contribution is -2.42. The van der Waals surface area contributed by atoms with Gasteiger partial charge in [0.05, 0.1) is 0 Å². The molecule has 0 spiro atoms. The lowest BCUT2D eigenvalue weighted by atomic mass is 10.2. The van der Waals surface area contributed by atoms with Gasteiger partial charge in [-0.05, 0) is 24.3 Å². The smallest absolute Gasteiger partial charge is 0.330 e. The second kappa shape index (κ2) is 7.90. The SMILES string of the molecule is O=C(Cn1nc2n(c1=O)CCN(Cc1ccccc1F)C2=O)Nc1cccc(F)c1. The maximum Gasteiger partial charge on any atom is 0.346 e. The Morgan fingerprint density at radius 3 is 2.63 bits per heavy atom. The zero-order valence-corrected chi connectivity index (χ0v) is 15.7. The molecule has 0 radical (unpaired) electrons. The number of carbonyl (C=O) groups excluding carboxylic acids is 2. The zero-order valence-electron chi connectivity index (χ0n) is 15.7. The molecular formula is C20H17F2N5O3. The summed E-state index contributed by atoms with van der Waals surface area (Å²) in [6, 6.07) is 11.5. The number of anilines is 1. The van der Waals surface area contributed by atoms with Crippen molar-refractivity contribution in [2.24, 2.45) is 0 Å². The Morgan fingerprint density at radius 1 is 1.07 bits per heavy atom. The van der Waals surface area contributed by atoms with Crippen molar-refractivity contribution in [1.82, 2.24) is 19.2 Å². The monoisotopic (exact) mass is 413 g/mol. The van der Waals surface area contributed by atoms with E-state index in [0.29, 0.717) is 5.56 Å². The summed E-state index contributed by atoms with van der Waals surface area (Å²) >= 11 is 0. The van der Waals surface area contributed by atoms with Crippen molar-refractivity contribution in [3.05, 3.63) is 82.0 Å². The van der Waals surface area contributed by atoms with E-state index in [0.717, 1.165) is 10.7 Å². The highest BCUT2D eigenvalue weighted by atomic mass is 19.1. The van der Waals surface area contributed by atoms with Crippen LogP contribution in [0.2, 0.25) is 0 Å². The largest absolute Gasteiger partial charge is 0.346 e. The third-order valence-electron chi connectivity index (χ3n) is 4.72. The molecule has 0 saturated heterocycles. The van der Waals surface area contributed by atoms with Crippen molar-refractivity contribution in [3.63, 3.8) is 0 Å². The molecule has 30 heavy (non-hydrogen) atoms. The first kappa shape index (κ1) is 19.5. The molecule has 8 nitrogen and oxygen atoms in total. The van der Waals surface area contributed by atoms with Crippen molar-refractivity contribution in [3.8, 4) is 0 Å². The number of carbonyl (C=O) groups is 2. The average Bonchev–Trinajstić information content (AvgIpc) is 3.02. The quantitative estimate of drug-likeness (QED) is 0.689. The van der Waals surface area contributed by atoms with Gasteiger partial charge >= 0.3 is 5.69 Å². The number of halogens is 2. The van der Waals surface area contributed by atoms with Gasteiger partial charge in [-0.15, -0.1) is 5.10 Å². The maximum atomic E-state index is 13.9. The van der Waals surface area contributed by atoms with Crippen LogP contribution in [0.3, 0.4) is 0 Å². The molecule has 1 N–H and O–H groups in total. The predicted octanol–water partition coefficient (Wildman–Crippen LogP) is 1.62. The Labute approximate surface area is 169 Å². The topological polar surface area (TPSA) is 89.2 Å². The summed E-state index contributed by atoms with van der Waals surface area (Å²) in [5, 5.41) is 6.46. The molecule has 10 heteroatoms. The minimum Gasteiger partial charge on any atom is -0.330 e. The van der Waals surface area contributed by atoms with Gasteiger partial charge in [0, 0.05) is 30.9 Å². The lowest BCUT2D eigenvalue weighted by Gasteiger charge is -2.26. The Balaban J connectivity index is 1.50. The Kier molecular flexibility index (Phi) is 5.13. The summed E-state index contributed by atoms with van der Waals surface area (Å²) in [7, 11) is 0. The molecule has 2 aromatic carbocycles. The third kappa shape index (κ3) is 3.84. The van der Waals surface area contributed by atoms with Crippen molar-refractivity contribution in [2.75, 3.05) is 11.9 Å². The maximum absolute atomic E-state index is 13.9. The minimum atomic E-state index is -0.599. The van der Waals surface area contributed by atoms with E-state index in [4.69, 9.17) is 0 Å². The second-order valence-corrected chi connectivity index (χ2v) is 6.79. The molecule has 4 rings (SSSR count). The van der Waals surface area contributed by atoms with Gasteiger partial charge in [0.2, 0.25) is 11.7 Å². The number of nitrogens with zero attached hydrogens (tertiary/aromatic N) is 4. The fourth-order valence-electron chi connectivity index (χ4n) is 3.25. The normalized spacial score (nSPS) is 13.3. The van der Waals surface area contributed by atoms with Gasteiger partial charge in [0.1, 0.15) is 18.2 Å². The van der Waals surface area contributed by atoms with E-state index in [1.54, 1.807) is 18.2 Å². The van der Waals surface area contributed by atoms with Crippen molar-refractivity contribution in [1.29, 1.82) is 0 Å². The van der Waals surface area contributed by atoms with Crippen molar-refractivity contribution < 1.29 is 18.4 Å². The van der Waals surface area contributed by atoms with Crippen LogP contribution in [0, 0.1) is 11.6 Å². The van der Waals surface area contributed by atoms with Crippen molar-refractivity contribution in [2.45, 2.75) is 19.6 Å². The molecule has 2 heterocycles. The standard InChI is InChI=1S/C20H17F2N5O3/c21-14-5-3-6-15(10-14)23-17(28)12-27-20(30)26-9-8-25(19(29)18(26)24-27)11-13-4-1-2-7-16(13)22/h1-7,10H,8-9,11-12H2,(H,23,28). The summed E-state index contributed by atoms with van der Waals surface area (Å²) < 4.78 is 29.2. The summed E-state index contributed by atoms with van der Waals surface area (Å²) in [6.07, 6.45) is 0. The molecule has 1 aliphatic rings. The van der Waals surface area contributed by atoms with E-state index < -0.39 is 35.7 Å². The van der Waals surface area contributed by atoms with Gasteiger partial charge in [-0.25, -0.2) is 18.3 Å². The minimum absolute atomic E-state index is 0.0482. The van der Waals surface area contributed by atoms with E-state index >= 15 is 0 Å². The van der Waals surface area contributed by atoms with Crippen LogP contribution in [0.1, 0.15) is 16.2 Å². The molecule has 0 aliphatic carbocycles. The molecule has 1 aliphatic heterocycles. The molecular weight excluding hydrogens is 396 g/mol. The Hall–Kier alpha value is -3.82. The number of aromatic nitrogens is 3. The second-order valence-electron chi connectivity index (χ2n) is 6.79. The molecule has 0 fully saturated rings. The molecule has 0 unspecified atom stereocenters. The first-order chi connectivity index (χ1) is 14.4. The summed E-state index contributed by atoms with van der Waals surface area (Å²) in [4.78, 5) is 38.9. The number of amides is 2. The van der Waals surface area contributed by atoms with E-state index in [2.05, 4.69) is 10.4 Å². The number of fused-ring (bicyclic) bond motifs is 1. The highest BCUT2D eigenvalue weighted by molar-refractivity contribution is 5.92. The van der Waals surface area contributed by atoms with Gasteiger partial charge in [-0.3, -0.25) is 14.2 Å². The summed E-state index contributed by atoms with van der Waals surface area (Å²) in [5.74, 6) is -2.16. The zero-order chi connectivity index (χ0) is 21.3. The predicted molar refractivity (Wildman–Crippen MR) is 103 cm³/mol. The van der Waals surface area contributed by atoms with Crippen LogP contribution in [0.25, 0.3) is 0 Å². The van der Waals surface area contributed by atoms with Gasteiger partial charge in [-0.2, -0.15) is 0 Å². The Morgan fingerprint density at radius 2 is 1.87 bits per heavy atom. The molecule has 1 aromatic heterocycles. The number of hydrogen-bond donors (Lipinski definition) is 1. The summed E-state index contributed by atoms with van der Waals surface area (Å²) in [6.45, 7) is 0.00366. The van der Waals surface area contributed by atoms with Crippen LogP contribution < -0.4 is 11.0 Å². The first-order valence-electron chi connectivity index (χ1n) is 9.18. The van der Waals surface area contributed by atoms with Crippen LogP contribution in [-0.2, 0) is 24.4 Å². The molecule has 3 aromatic rings. The van der Waals surface area contributed by atoms with E-state index in [9.17, 15) is 23.2 Å². The molecule has 0 atom stereocenters. The van der Waals surface area contributed by atoms with Crippen molar-refractivity contribution >= 4 is 17.5 Å². The molecule has 2 amide bonds. The third-order valence-corrected chi connectivity index (χ3v) is 4.72. The molecule has 0 bridgehead atoms. The van der Waals surface area contributed by atoms with E-state index in [-0.39, 0.29) is 31.1 Å². The lowest BCUT2D eigenvalue weighted by molar-refractivity contribution is -0.117. The number of rotatable bonds is 5. The van der Waals surface area contributed by atoms with Gasteiger partial charge in [0.25, 0.3) is 5.91 Å². The van der Waals surface area contributed by atoms with Crippen LogP contribution in [0.15, 0.2) is 53.3 Å². The summed E-state index contributed by atoms with van der Waals surface area (Å²) in [5.41, 5.74) is -0.00186. The Bertz CT molecular complexity index is 1190. The van der Waals surface area contributed by atoms with E-state index in [1.165, 1.54) is 33.7 Å². The van der Waals surface area contributed by atoms with E-state index in [1.807, 2.05) is 0 Å². The molecule has 0 saturated carbocycles. The molecule has 154 valence electrons. The average molecular weight is 413 g/mol. The number of nitrogens with one attached hydrogen (secondary N) is 1. The fraction of sp³-hybridized carbons (Fsp3) is 0.200. The van der Waals surface area contributed by atoms with Gasteiger partial charge in [-0.1, -0.05) is 24.3 Å². The van der Waals surface area contributed by atoms with Crippen LogP contribution in [-0.4, -0.2) is 37.6 Å². The van der Waals surface area contributed by atoms with Crippen LogP contribution in [0.4, 0.5) is 14.5 Å².